The van der Waals surface area contributed by atoms with E-state index in [0.29, 0.717) is 11.7 Å². The highest BCUT2D eigenvalue weighted by Crippen LogP contribution is 2.48. The zero-order valence-electron chi connectivity index (χ0n) is 10.4. The quantitative estimate of drug-likeness (QED) is 0.884. The maximum atomic E-state index is 12.1. The number of furan rings is 1. The average molecular weight is 257 g/mol. The van der Waals surface area contributed by atoms with Crippen LogP contribution in [-0.2, 0) is 4.79 Å². The zero-order valence-corrected chi connectivity index (χ0v) is 10.4. The summed E-state index contributed by atoms with van der Waals surface area (Å²) >= 11 is 0. The van der Waals surface area contributed by atoms with Crippen LogP contribution in [0.15, 0.2) is 28.9 Å². The molecule has 98 valence electrons. The van der Waals surface area contributed by atoms with Gasteiger partial charge in [0.25, 0.3) is 0 Å². The maximum Gasteiger partial charge on any atom is 0.229 e. The molecule has 0 bridgehead atoms. The lowest BCUT2D eigenvalue weighted by molar-refractivity contribution is -0.117. The van der Waals surface area contributed by atoms with E-state index in [4.69, 9.17) is 4.42 Å². The minimum absolute atomic E-state index is 0.0206. The Morgan fingerprint density at radius 1 is 1.47 bits per heavy atom. The number of nitrogens with one attached hydrogen (secondary N) is 2. The Morgan fingerprint density at radius 2 is 2.37 bits per heavy atom. The van der Waals surface area contributed by atoms with Crippen molar-refractivity contribution in [2.45, 2.75) is 31.1 Å². The number of aromatic amines is 1. The highest BCUT2D eigenvalue weighted by molar-refractivity contribution is 5.94. The Balaban J connectivity index is 1.39. The fraction of sp³-hybridized carbons (Fsp3) is 0.429. The first-order valence-corrected chi connectivity index (χ1v) is 6.71. The molecule has 2 saturated carbocycles. The van der Waals surface area contributed by atoms with Crippen molar-refractivity contribution in [3.8, 4) is 0 Å². The Kier molecular flexibility index (Phi) is 2.27. The Morgan fingerprint density at radius 3 is 3.11 bits per heavy atom. The lowest BCUT2D eigenvalue weighted by Gasteiger charge is -1.99. The van der Waals surface area contributed by atoms with Gasteiger partial charge in [-0.1, -0.05) is 0 Å². The molecule has 0 aromatic carbocycles. The van der Waals surface area contributed by atoms with Gasteiger partial charge in [-0.15, -0.1) is 0 Å². The monoisotopic (exact) mass is 257 g/mol. The molecule has 2 heterocycles. The molecule has 0 saturated heterocycles. The van der Waals surface area contributed by atoms with Gasteiger partial charge in [0, 0.05) is 29.5 Å². The smallest absolute Gasteiger partial charge is 0.229 e. The number of amides is 1. The van der Waals surface area contributed by atoms with E-state index in [-0.39, 0.29) is 17.7 Å². The van der Waals surface area contributed by atoms with Crippen molar-refractivity contribution >= 4 is 11.7 Å². The molecule has 2 fully saturated rings. The number of aromatic nitrogens is 2. The van der Waals surface area contributed by atoms with Gasteiger partial charge < -0.3 is 9.73 Å². The van der Waals surface area contributed by atoms with E-state index in [1.807, 2.05) is 18.2 Å². The molecule has 0 radical (unpaired) electrons. The molecule has 19 heavy (non-hydrogen) atoms. The van der Waals surface area contributed by atoms with Crippen LogP contribution < -0.4 is 5.32 Å². The Bertz CT molecular complexity index is 598. The molecule has 2 N–H and O–H groups in total. The van der Waals surface area contributed by atoms with Crippen molar-refractivity contribution in [3.63, 3.8) is 0 Å². The zero-order chi connectivity index (χ0) is 12.8. The molecule has 2 unspecified atom stereocenters. The second kappa shape index (κ2) is 3.98. The summed E-state index contributed by atoms with van der Waals surface area (Å²) in [5, 5.41) is 10.00. The van der Waals surface area contributed by atoms with Gasteiger partial charge in [0.1, 0.15) is 5.76 Å². The van der Waals surface area contributed by atoms with E-state index in [1.165, 1.54) is 12.8 Å². The molecule has 5 heteroatoms. The van der Waals surface area contributed by atoms with Gasteiger partial charge in [-0.3, -0.25) is 9.89 Å². The summed E-state index contributed by atoms with van der Waals surface area (Å²) in [5.74, 6) is 2.45. The van der Waals surface area contributed by atoms with Crippen molar-refractivity contribution < 1.29 is 9.21 Å². The number of carbonyl (C=O) groups excluding carboxylic acids is 1. The topological polar surface area (TPSA) is 70.9 Å². The predicted molar refractivity (Wildman–Crippen MR) is 68.7 cm³/mol. The maximum absolute atomic E-state index is 12.1. The molecule has 0 aliphatic heterocycles. The van der Waals surface area contributed by atoms with Crippen molar-refractivity contribution in [1.29, 1.82) is 0 Å². The molecule has 1 amide bonds. The molecule has 2 aliphatic carbocycles. The third-order valence-corrected chi connectivity index (χ3v) is 3.90. The largest absolute Gasteiger partial charge is 0.469 e. The molecule has 0 spiro atoms. The van der Waals surface area contributed by atoms with E-state index in [1.54, 1.807) is 6.26 Å². The van der Waals surface area contributed by atoms with E-state index in [0.717, 1.165) is 17.9 Å². The molecule has 2 aromatic rings. The third-order valence-electron chi connectivity index (χ3n) is 3.90. The summed E-state index contributed by atoms with van der Waals surface area (Å²) in [7, 11) is 0. The molecule has 4 rings (SSSR count). The third kappa shape index (κ3) is 2.05. The van der Waals surface area contributed by atoms with E-state index >= 15 is 0 Å². The normalized spacial score (nSPS) is 25.3. The number of H-pyrrole nitrogens is 1. The molecular formula is C14H15N3O2. The summed E-state index contributed by atoms with van der Waals surface area (Å²) < 4.78 is 5.33. The number of carbonyl (C=O) groups is 1. The van der Waals surface area contributed by atoms with Crippen molar-refractivity contribution in [2.24, 2.45) is 5.92 Å². The van der Waals surface area contributed by atoms with E-state index < -0.39 is 0 Å². The molecule has 5 nitrogen and oxygen atoms in total. The van der Waals surface area contributed by atoms with Crippen molar-refractivity contribution in [1.82, 2.24) is 10.2 Å². The van der Waals surface area contributed by atoms with Gasteiger partial charge >= 0.3 is 0 Å². The van der Waals surface area contributed by atoms with Crippen LogP contribution in [0.2, 0.25) is 0 Å². The molecular weight excluding hydrogens is 242 g/mol. The second-order valence-corrected chi connectivity index (χ2v) is 5.44. The van der Waals surface area contributed by atoms with Crippen LogP contribution in [0.25, 0.3) is 0 Å². The fourth-order valence-electron chi connectivity index (χ4n) is 2.52. The summed E-state index contributed by atoms with van der Waals surface area (Å²) in [6.45, 7) is 0. The standard InChI is InChI=1S/C14H15N3O2/c18-14(10-6-9(10)12-2-1-5-19-12)15-13-7-11(16-17-13)8-3-4-8/h1-2,5,7-10H,3-4,6H2,(H2,15,16,17,18). The van der Waals surface area contributed by atoms with Crippen LogP contribution >= 0.6 is 0 Å². The minimum Gasteiger partial charge on any atom is -0.469 e. The van der Waals surface area contributed by atoms with Crippen molar-refractivity contribution in [2.75, 3.05) is 5.32 Å². The summed E-state index contributed by atoms with van der Waals surface area (Å²) in [6.07, 6.45) is 4.95. The molecule has 2 aromatic heterocycles. The lowest BCUT2D eigenvalue weighted by atomic mass is 10.2. The highest BCUT2D eigenvalue weighted by atomic mass is 16.3. The number of hydrogen-bond acceptors (Lipinski definition) is 3. The van der Waals surface area contributed by atoms with Crippen LogP contribution in [-0.4, -0.2) is 16.1 Å². The first-order valence-electron chi connectivity index (χ1n) is 6.71. The van der Waals surface area contributed by atoms with Crippen LogP contribution in [0.5, 0.6) is 0 Å². The van der Waals surface area contributed by atoms with E-state index in [2.05, 4.69) is 15.5 Å². The predicted octanol–water partition coefficient (Wildman–Crippen LogP) is 2.62. The van der Waals surface area contributed by atoms with Gasteiger partial charge in [0.2, 0.25) is 5.91 Å². The highest BCUT2D eigenvalue weighted by Gasteiger charge is 2.46. The van der Waals surface area contributed by atoms with Crippen LogP contribution in [0.1, 0.15) is 42.6 Å². The van der Waals surface area contributed by atoms with Crippen LogP contribution in [0.4, 0.5) is 5.82 Å². The van der Waals surface area contributed by atoms with Gasteiger partial charge in [0.15, 0.2) is 5.82 Å². The summed E-state index contributed by atoms with van der Waals surface area (Å²) in [6, 6.07) is 5.73. The fourth-order valence-corrected chi connectivity index (χ4v) is 2.52. The number of anilines is 1. The Hall–Kier alpha value is -2.04. The van der Waals surface area contributed by atoms with Gasteiger partial charge in [0.05, 0.1) is 6.26 Å². The second-order valence-electron chi connectivity index (χ2n) is 5.44. The van der Waals surface area contributed by atoms with Crippen molar-refractivity contribution in [3.05, 3.63) is 35.9 Å². The van der Waals surface area contributed by atoms with E-state index in [9.17, 15) is 4.79 Å². The Labute approximate surface area is 110 Å². The summed E-state index contributed by atoms with van der Waals surface area (Å²) in [4.78, 5) is 12.1. The lowest BCUT2D eigenvalue weighted by Crippen LogP contribution is -2.14. The number of nitrogens with zero attached hydrogens (tertiary/aromatic N) is 1. The van der Waals surface area contributed by atoms with Crippen LogP contribution in [0.3, 0.4) is 0 Å². The van der Waals surface area contributed by atoms with Gasteiger partial charge in [-0.2, -0.15) is 5.10 Å². The average Bonchev–Trinajstić information content (AvgIpc) is 3.32. The molecule has 2 aliphatic rings. The van der Waals surface area contributed by atoms with Gasteiger partial charge in [-0.25, -0.2) is 0 Å². The minimum atomic E-state index is 0.0206. The SMILES string of the molecule is O=C(Nc1cc(C2CC2)[nH]n1)C1CC1c1ccco1. The first kappa shape index (κ1) is 10.8. The van der Waals surface area contributed by atoms with Gasteiger partial charge in [-0.05, 0) is 31.4 Å². The number of hydrogen-bond donors (Lipinski definition) is 2. The van der Waals surface area contributed by atoms with Crippen LogP contribution in [0, 0.1) is 5.92 Å². The first-order chi connectivity index (χ1) is 9.31. The summed E-state index contributed by atoms with van der Waals surface area (Å²) in [5.41, 5.74) is 1.13. The molecule has 2 atom stereocenters. The number of rotatable bonds is 4.